The molecule has 3 aromatic rings. The Balaban J connectivity index is 1.24. The van der Waals surface area contributed by atoms with Gasteiger partial charge in [0.15, 0.2) is 9.75 Å². The number of phenols is 1. The number of aromatic hydroxyl groups is 1. The smallest absolute Gasteiger partial charge is 0.254 e. The summed E-state index contributed by atoms with van der Waals surface area (Å²) in [5.41, 5.74) is 2.68. The zero-order valence-electron chi connectivity index (χ0n) is 27.8. The van der Waals surface area contributed by atoms with Crippen LogP contribution >= 0.6 is 39.1 Å². The molecule has 13 heteroatoms. The van der Waals surface area contributed by atoms with Crippen molar-refractivity contribution in [2.75, 3.05) is 31.7 Å². The molecule has 0 radical (unpaired) electrons. The number of benzene rings is 3. The molecule has 3 aromatic carbocycles. The highest BCUT2D eigenvalue weighted by Crippen LogP contribution is 2.66. The second kappa shape index (κ2) is 13.0. The average Bonchev–Trinajstić information content (AvgIpc) is 3.48. The Labute approximate surface area is 312 Å². The molecule has 6 atom stereocenters. The molecule has 3 fully saturated rings. The lowest BCUT2D eigenvalue weighted by molar-refractivity contribution is -0.138. The van der Waals surface area contributed by atoms with Crippen molar-refractivity contribution < 1.29 is 38.5 Å². The molecule has 2 aliphatic carbocycles. The summed E-state index contributed by atoms with van der Waals surface area (Å²) >= 11 is 17.8. The van der Waals surface area contributed by atoms with E-state index >= 15 is 0 Å². The van der Waals surface area contributed by atoms with Crippen molar-refractivity contribution in [3.05, 3.63) is 89.0 Å². The number of fused-ring (bicyclic) bond motifs is 4. The first-order valence-electron chi connectivity index (χ1n) is 16.2. The molecule has 0 unspecified atom stereocenters. The Morgan fingerprint density at radius 1 is 0.863 bits per heavy atom. The molecule has 2 saturated heterocycles. The van der Waals surface area contributed by atoms with E-state index in [-0.39, 0.29) is 35.5 Å². The SMILES string of the molecule is COc1ccc(OC)c(C=Cc2ccc(N3C(=O)[C@H]4[C@H](CC=C5[C@H]4C[C@@]4(Cl)C(=O)N(CBr)C(=O)[C@@]4(Cl)[C@H]5c4cc(OC)ccc4O)C3=O)cc2)c1. The molecule has 0 spiro atoms. The summed E-state index contributed by atoms with van der Waals surface area (Å²) in [5, 5.41) is 11.2. The molecule has 264 valence electrons. The quantitative estimate of drug-likeness (QED) is 0.0902. The minimum absolute atomic E-state index is 0.149. The maximum absolute atomic E-state index is 14.4. The number of imide groups is 2. The zero-order valence-corrected chi connectivity index (χ0v) is 30.9. The first-order chi connectivity index (χ1) is 24.4. The van der Waals surface area contributed by atoms with E-state index in [1.165, 1.54) is 18.1 Å². The predicted molar refractivity (Wildman–Crippen MR) is 195 cm³/mol. The van der Waals surface area contributed by atoms with E-state index in [0.29, 0.717) is 28.5 Å². The molecule has 2 aliphatic heterocycles. The maximum Gasteiger partial charge on any atom is 0.254 e. The minimum atomic E-state index is -2.04. The fraction of sp³-hybridized carbons (Fsp3) is 0.316. The van der Waals surface area contributed by atoms with E-state index in [0.717, 1.165) is 16.0 Å². The van der Waals surface area contributed by atoms with E-state index in [4.69, 9.17) is 37.4 Å². The maximum atomic E-state index is 14.4. The third-order valence-electron chi connectivity index (χ3n) is 10.6. The molecule has 0 bridgehead atoms. The summed E-state index contributed by atoms with van der Waals surface area (Å²) in [6.07, 6.45) is 5.61. The number of nitrogens with zero attached hydrogens (tertiary/aromatic N) is 2. The van der Waals surface area contributed by atoms with Gasteiger partial charge in [-0.05, 0) is 72.9 Å². The Morgan fingerprint density at radius 3 is 2.22 bits per heavy atom. The number of allylic oxidation sites excluding steroid dienone is 2. The molecule has 1 N–H and O–H groups in total. The van der Waals surface area contributed by atoms with Crippen LogP contribution in [0.3, 0.4) is 0 Å². The third kappa shape index (κ3) is 5.18. The summed E-state index contributed by atoms with van der Waals surface area (Å²) in [4.78, 5) is 54.4. The second-order valence-corrected chi connectivity index (χ2v) is 14.7. The molecule has 51 heavy (non-hydrogen) atoms. The van der Waals surface area contributed by atoms with Crippen molar-refractivity contribution in [1.29, 1.82) is 0 Å². The van der Waals surface area contributed by atoms with Gasteiger partial charge in [-0.2, -0.15) is 0 Å². The van der Waals surface area contributed by atoms with E-state index < -0.39 is 51.1 Å². The van der Waals surface area contributed by atoms with E-state index in [1.54, 1.807) is 50.6 Å². The van der Waals surface area contributed by atoms with Gasteiger partial charge in [0, 0.05) is 17.0 Å². The normalized spacial score (nSPS) is 28.5. The van der Waals surface area contributed by atoms with Crippen LogP contribution in [0.15, 0.2) is 72.3 Å². The Morgan fingerprint density at radius 2 is 1.55 bits per heavy atom. The average molecular weight is 796 g/mol. The molecule has 7 rings (SSSR count). The van der Waals surface area contributed by atoms with Crippen LogP contribution in [0.2, 0.25) is 0 Å². The van der Waals surface area contributed by atoms with Gasteiger partial charge < -0.3 is 19.3 Å². The number of ether oxygens (including phenoxy) is 3. The van der Waals surface area contributed by atoms with Crippen molar-refractivity contribution in [1.82, 2.24) is 4.90 Å². The van der Waals surface area contributed by atoms with Crippen LogP contribution in [0, 0.1) is 17.8 Å². The standard InChI is InChI=1S/C38H33BrCl2N2O8/c1-49-23-11-15-30(51-3)21(16-23)7-4-20-5-8-22(9-6-20)43-33(45)26-13-12-25-28(31(26)34(43)46)18-37(40)35(47)42(19-39)36(48)38(37,41)32(25)27-17-24(50-2)10-14-29(27)44/h4-12,14-17,26,28,31-32,44H,13,18-19H2,1-3H3/t26-,28+,31-,32+,37+,38-/m0/s1. The van der Waals surface area contributed by atoms with E-state index in [2.05, 4.69) is 15.9 Å². The first kappa shape index (κ1) is 35.1. The minimum Gasteiger partial charge on any atom is -0.508 e. The largest absolute Gasteiger partial charge is 0.508 e. The topological polar surface area (TPSA) is 123 Å². The molecule has 10 nitrogen and oxygen atoms in total. The summed E-state index contributed by atoms with van der Waals surface area (Å²) in [6, 6.07) is 17.0. The van der Waals surface area contributed by atoms with Crippen LogP contribution in [0.5, 0.6) is 23.0 Å². The lowest BCUT2D eigenvalue weighted by Gasteiger charge is -2.50. The highest BCUT2D eigenvalue weighted by Gasteiger charge is 2.76. The molecule has 0 aromatic heterocycles. The van der Waals surface area contributed by atoms with Gasteiger partial charge in [-0.25, -0.2) is 0 Å². The molecule has 2 heterocycles. The van der Waals surface area contributed by atoms with Gasteiger partial charge in [-0.1, -0.05) is 51.9 Å². The molecular weight excluding hydrogens is 763 g/mol. The zero-order chi connectivity index (χ0) is 36.4. The van der Waals surface area contributed by atoms with Crippen molar-refractivity contribution in [2.24, 2.45) is 17.8 Å². The van der Waals surface area contributed by atoms with Gasteiger partial charge in [-0.3, -0.25) is 29.0 Å². The fourth-order valence-electron chi connectivity index (χ4n) is 8.13. The highest BCUT2D eigenvalue weighted by atomic mass is 79.9. The van der Waals surface area contributed by atoms with Crippen LogP contribution < -0.4 is 19.1 Å². The van der Waals surface area contributed by atoms with E-state index in [1.807, 2.05) is 36.4 Å². The number of amides is 4. The molecule has 1 saturated carbocycles. The monoisotopic (exact) mass is 794 g/mol. The number of phenolic OH excluding ortho intramolecular Hbond substituents is 1. The predicted octanol–water partition coefficient (Wildman–Crippen LogP) is 6.50. The Hall–Kier alpha value is -4.32. The third-order valence-corrected chi connectivity index (χ3v) is 12.5. The number of hydrogen-bond donors (Lipinski definition) is 1. The summed E-state index contributed by atoms with van der Waals surface area (Å²) in [7, 11) is 4.64. The number of methoxy groups -OCH3 is 3. The molecule has 4 aliphatic rings. The highest BCUT2D eigenvalue weighted by molar-refractivity contribution is 9.09. The van der Waals surface area contributed by atoms with Crippen molar-refractivity contribution in [3.63, 3.8) is 0 Å². The number of hydrogen-bond acceptors (Lipinski definition) is 8. The number of carbonyl (C=O) groups is 4. The van der Waals surface area contributed by atoms with Crippen LogP contribution in [-0.4, -0.2) is 70.2 Å². The lowest BCUT2D eigenvalue weighted by Crippen LogP contribution is -2.60. The second-order valence-electron chi connectivity index (χ2n) is 13.0. The fourth-order valence-corrected chi connectivity index (χ4v) is 9.55. The Bertz CT molecular complexity index is 2040. The van der Waals surface area contributed by atoms with Crippen molar-refractivity contribution >= 4 is 80.6 Å². The van der Waals surface area contributed by atoms with Gasteiger partial charge in [0.2, 0.25) is 11.8 Å². The number of anilines is 1. The van der Waals surface area contributed by atoms with Crippen LogP contribution in [-0.2, 0) is 19.2 Å². The van der Waals surface area contributed by atoms with Gasteiger partial charge in [0.05, 0.1) is 44.3 Å². The first-order valence-corrected chi connectivity index (χ1v) is 18.1. The molecule has 4 amide bonds. The van der Waals surface area contributed by atoms with Crippen LogP contribution in [0.1, 0.15) is 35.4 Å². The van der Waals surface area contributed by atoms with Crippen LogP contribution in [0.4, 0.5) is 5.69 Å². The van der Waals surface area contributed by atoms with E-state index in [9.17, 15) is 24.3 Å². The lowest BCUT2D eigenvalue weighted by atomic mass is 9.56. The van der Waals surface area contributed by atoms with Gasteiger partial charge >= 0.3 is 0 Å². The summed E-state index contributed by atoms with van der Waals surface area (Å²) in [5.74, 6) is -4.14. The van der Waals surface area contributed by atoms with Gasteiger partial charge in [-0.15, -0.1) is 23.2 Å². The Kier molecular flexibility index (Phi) is 8.96. The number of carbonyl (C=O) groups excluding carboxylic acids is 4. The van der Waals surface area contributed by atoms with Crippen molar-refractivity contribution in [2.45, 2.75) is 28.5 Å². The number of likely N-dealkylation sites (tertiary alicyclic amines) is 1. The summed E-state index contributed by atoms with van der Waals surface area (Å²) < 4.78 is 16.2. The number of rotatable bonds is 8. The summed E-state index contributed by atoms with van der Waals surface area (Å²) in [6.45, 7) is 0. The molecular formula is C38H33BrCl2N2O8. The number of alkyl halides is 3. The van der Waals surface area contributed by atoms with Crippen molar-refractivity contribution in [3.8, 4) is 23.0 Å². The van der Waals surface area contributed by atoms with Gasteiger partial charge in [0.25, 0.3) is 11.8 Å². The van der Waals surface area contributed by atoms with Gasteiger partial charge in [0.1, 0.15) is 23.0 Å². The number of halogens is 3. The van der Waals surface area contributed by atoms with Crippen LogP contribution in [0.25, 0.3) is 12.2 Å².